The molecule has 166 valence electrons. The van der Waals surface area contributed by atoms with Crippen molar-refractivity contribution in [2.24, 2.45) is 0 Å². The summed E-state index contributed by atoms with van der Waals surface area (Å²) in [6, 6.07) is 7.27. The number of aryl methyl sites for hydroxylation is 3. The predicted octanol–water partition coefficient (Wildman–Crippen LogP) is 3.43. The second-order valence-electron chi connectivity index (χ2n) is 7.54. The number of carbonyl (C=O) groups is 2. The zero-order valence-electron chi connectivity index (χ0n) is 18.6. The van der Waals surface area contributed by atoms with Crippen molar-refractivity contribution in [3.63, 3.8) is 0 Å². The molecule has 0 bridgehead atoms. The number of hydrogen-bond donors (Lipinski definition) is 2. The SMILES string of the molecule is COc1ccc([N+](=O)[O-])cc1NC(=O)C(C)N(C)CC(=O)Nc1c(C)cc(C)cc1C. The summed E-state index contributed by atoms with van der Waals surface area (Å²) in [5, 5.41) is 16.6. The first-order chi connectivity index (χ1) is 14.5. The summed E-state index contributed by atoms with van der Waals surface area (Å²) in [5.74, 6) is -0.362. The molecule has 2 aromatic carbocycles. The van der Waals surface area contributed by atoms with Gasteiger partial charge in [-0.1, -0.05) is 17.7 Å². The van der Waals surface area contributed by atoms with Crippen molar-refractivity contribution in [2.75, 3.05) is 31.3 Å². The largest absolute Gasteiger partial charge is 0.495 e. The first kappa shape index (κ1) is 23.8. The zero-order valence-corrected chi connectivity index (χ0v) is 18.6. The van der Waals surface area contributed by atoms with Gasteiger partial charge in [-0.15, -0.1) is 0 Å². The number of nitro groups is 1. The standard InChI is InChI=1S/C22H28N4O5/c1-13-9-14(2)21(15(3)10-13)24-20(27)12-25(5)16(4)22(28)23-18-11-17(26(29)30)7-8-19(18)31-6/h7-11,16H,12H2,1-6H3,(H,23,28)(H,24,27). The van der Waals surface area contributed by atoms with Gasteiger partial charge in [0.05, 0.1) is 30.3 Å². The summed E-state index contributed by atoms with van der Waals surface area (Å²) < 4.78 is 5.17. The fourth-order valence-electron chi connectivity index (χ4n) is 3.26. The number of methoxy groups -OCH3 is 1. The van der Waals surface area contributed by atoms with Crippen LogP contribution in [0.5, 0.6) is 5.75 Å². The Kier molecular flexibility index (Phi) is 7.71. The Hall–Kier alpha value is -3.46. The third-order valence-electron chi connectivity index (χ3n) is 5.03. The molecule has 0 spiro atoms. The van der Waals surface area contributed by atoms with Crippen LogP contribution in [0.1, 0.15) is 23.6 Å². The number of likely N-dealkylation sites (N-methyl/N-ethyl adjacent to an activating group) is 1. The summed E-state index contributed by atoms with van der Waals surface area (Å²) in [6.07, 6.45) is 0. The summed E-state index contributed by atoms with van der Waals surface area (Å²) in [5.41, 5.74) is 3.85. The monoisotopic (exact) mass is 428 g/mol. The van der Waals surface area contributed by atoms with E-state index in [0.29, 0.717) is 5.75 Å². The average molecular weight is 428 g/mol. The summed E-state index contributed by atoms with van der Waals surface area (Å²) >= 11 is 0. The number of non-ortho nitro benzene ring substituents is 1. The van der Waals surface area contributed by atoms with E-state index in [1.165, 1.54) is 25.3 Å². The highest BCUT2D eigenvalue weighted by atomic mass is 16.6. The molecular weight excluding hydrogens is 400 g/mol. The molecule has 0 heterocycles. The quantitative estimate of drug-likeness (QED) is 0.492. The Morgan fingerprint density at radius 1 is 1.13 bits per heavy atom. The van der Waals surface area contributed by atoms with Gasteiger partial charge in [-0.25, -0.2) is 0 Å². The molecule has 2 rings (SSSR count). The number of nitro benzene ring substituents is 1. The van der Waals surface area contributed by atoms with Crippen LogP contribution in [0.2, 0.25) is 0 Å². The van der Waals surface area contributed by atoms with Crippen LogP contribution in [0.3, 0.4) is 0 Å². The molecule has 0 aliphatic carbocycles. The zero-order chi connectivity index (χ0) is 23.3. The van der Waals surface area contributed by atoms with Gasteiger partial charge in [-0.2, -0.15) is 0 Å². The molecule has 0 saturated heterocycles. The Morgan fingerprint density at radius 3 is 2.29 bits per heavy atom. The molecule has 0 aliphatic rings. The summed E-state index contributed by atoms with van der Waals surface area (Å²) in [4.78, 5) is 37.3. The van der Waals surface area contributed by atoms with E-state index in [9.17, 15) is 19.7 Å². The van der Waals surface area contributed by atoms with Crippen LogP contribution in [0.4, 0.5) is 17.1 Å². The van der Waals surface area contributed by atoms with Crippen LogP contribution >= 0.6 is 0 Å². The van der Waals surface area contributed by atoms with Crippen molar-refractivity contribution in [1.29, 1.82) is 0 Å². The van der Waals surface area contributed by atoms with E-state index in [0.717, 1.165) is 22.4 Å². The lowest BCUT2D eigenvalue weighted by Gasteiger charge is -2.24. The van der Waals surface area contributed by atoms with Crippen LogP contribution in [-0.2, 0) is 9.59 Å². The Morgan fingerprint density at radius 2 is 1.74 bits per heavy atom. The molecule has 0 aliphatic heterocycles. The van der Waals surface area contributed by atoms with Crippen LogP contribution in [-0.4, -0.2) is 48.4 Å². The minimum absolute atomic E-state index is 0.00653. The first-order valence-corrected chi connectivity index (χ1v) is 9.74. The van der Waals surface area contributed by atoms with E-state index in [4.69, 9.17) is 4.74 Å². The molecule has 0 aromatic heterocycles. The lowest BCUT2D eigenvalue weighted by atomic mass is 10.1. The van der Waals surface area contributed by atoms with Gasteiger partial charge in [0.25, 0.3) is 5.69 Å². The molecule has 0 saturated carbocycles. The molecule has 2 aromatic rings. The molecule has 2 N–H and O–H groups in total. The van der Waals surface area contributed by atoms with E-state index >= 15 is 0 Å². The van der Waals surface area contributed by atoms with Crippen molar-refractivity contribution in [3.8, 4) is 5.75 Å². The molecule has 1 unspecified atom stereocenters. The first-order valence-electron chi connectivity index (χ1n) is 9.74. The van der Waals surface area contributed by atoms with E-state index < -0.39 is 16.9 Å². The lowest BCUT2D eigenvalue weighted by Crippen LogP contribution is -2.43. The van der Waals surface area contributed by atoms with Crippen LogP contribution in [0.15, 0.2) is 30.3 Å². The topological polar surface area (TPSA) is 114 Å². The van der Waals surface area contributed by atoms with Gasteiger partial charge < -0.3 is 15.4 Å². The smallest absolute Gasteiger partial charge is 0.271 e. The molecule has 1 atom stereocenters. The number of carbonyl (C=O) groups excluding carboxylic acids is 2. The minimum Gasteiger partial charge on any atom is -0.495 e. The normalized spacial score (nSPS) is 11.7. The highest BCUT2D eigenvalue weighted by molar-refractivity contribution is 5.97. The fraction of sp³-hybridized carbons (Fsp3) is 0.364. The van der Waals surface area contributed by atoms with Gasteiger partial charge in [-0.05, 0) is 51.9 Å². The number of ether oxygens (including phenoxy) is 1. The lowest BCUT2D eigenvalue weighted by molar-refractivity contribution is -0.384. The number of nitrogens with one attached hydrogen (secondary N) is 2. The van der Waals surface area contributed by atoms with E-state index in [2.05, 4.69) is 10.6 Å². The fourth-order valence-corrected chi connectivity index (χ4v) is 3.26. The molecule has 0 fully saturated rings. The number of nitrogens with zero attached hydrogens (tertiary/aromatic N) is 2. The molecule has 0 radical (unpaired) electrons. The van der Waals surface area contributed by atoms with Gasteiger partial charge in [-0.3, -0.25) is 24.6 Å². The second kappa shape index (κ2) is 10.0. The number of hydrogen-bond acceptors (Lipinski definition) is 6. The van der Waals surface area contributed by atoms with Crippen LogP contribution < -0.4 is 15.4 Å². The maximum atomic E-state index is 12.7. The van der Waals surface area contributed by atoms with Gasteiger partial charge in [0.1, 0.15) is 5.75 Å². The van der Waals surface area contributed by atoms with Gasteiger partial charge in [0.2, 0.25) is 11.8 Å². The third-order valence-corrected chi connectivity index (χ3v) is 5.03. The number of benzene rings is 2. The maximum absolute atomic E-state index is 12.7. The highest BCUT2D eigenvalue weighted by Gasteiger charge is 2.23. The van der Waals surface area contributed by atoms with E-state index in [-0.39, 0.29) is 23.8 Å². The van der Waals surface area contributed by atoms with Gasteiger partial charge in [0, 0.05) is 17.8 Å². The molecular formula is C22H28N4O5. The third kappa shape index (κ3) is 6.02. The highest BCUT2D eigenvalue weighted by Crippen LogP contribution is 2.29. The van der Waals surface area contributed by atoms with Gasteiger partial charge >= 0.3 is 0 Å². The van der Waals surface area contributed by atoms with E-state index in [1.807, 2.05) is 32.9 Å². The number of amides is 2. The average Bonchev–Trinajstić information content (AvgIpc) is 2.69. The molecule has 9 nitrogen and oxygen atoms in total. The second-order valence-corrected chi connectivity index (χ2v) is 7.54. The Labute approximate surface area is 181 Å². The molecule has 31 heavy (non-hydrogen) atoms. The maximum Gasteiger partial charge on any atom is 0.271 e. The summed E-state index contributed by atoms with van der Waals surface area (Å²) in [6.45, 7) is 7.50. The van der Waals surface area contributed by atoms with Crippen LogP contribution in [0.25, 0.3) is 0 Å². The van der Waals surface area contributed by atoms with Crippen molar-refractivity contribution in [3.05, 3.63) is 57.1 Å². The number of rotatable bonds is 8. The van der Waals surface area contributed by atoms with Crippen LogP contribution in [0, 0.1) is 30.9 Å². The number of anilines is 2. The molecule has 2 amide bonds. The Bertz CT molecular complexity index is 982. The predicted molar refractivity (Wildman–Crippen MR) is 120 cm³/mol. The van der Waals surface area contributed by atoms with Crippen molar-refractivity contribution in [2.45, 2.75) is 33.7 Å². The minimum atomic E-state index is -0.671. The molecule has 9 heteroatoms. The van der Waals surface area contributed by atoms with E-state index in [1.54, 1.807) is 18.9 Å². The van der Waals surface area contributed by atoms with Crippen molar-refractivity contribution in [1.82, 2.24) is 4.90 Å². The summed E-state index contributed by atoms with van der Waals surface area (Å²) in [7, 11) is 3.06. The van der Waals surface area contributed by atoms with Gasteiger partial charge in [0.15, 0.2) is 0 Å². The Balaban J connectivity index is 2.05. The van der Waals surface area contributed by atoms with Crippen molar-refractivity contribution >= 4 is 28.9 Å². The van der Waals surface area contributed by atoms with Crippen molar-refractivity contribution < 1.29 is 19.2 Å².